The summed E-state index contributed by atoms with van der Waals surface area (Å²) in [5, 5.41) is 12.6. The molecule has 0 atom stereocenters. The number of nitrogens with zero attached hydrogens (tertiary/aromatic N) is 4. The fourth-order valence-electron chi connectivity index (χ4n) is 1.13. The Bertz CT molecular complexity index is 493. The van der Waals surface area contributed by atoms with Crippen molar-refractivity contribution in [2.75, 3.05) is 5.73 Å². The Morgan fingerprint density at radius 1 is 1.33 bits per heavy atom. The van der Waals surface area contributed by atoms with Gasteiger partial charge in [-0.1, -0.05) is 0 Å². The molecule has 0 aliphatic carbocycles. The summed E-state index contributed by atoms with van der Waals surface area (Å²) >= 11 is 0. The monoisotopic (exact) mass is 205 g/mol. The summed E-state index contributed by atoms with van der Waals surface area (Å²) in [6, 6.07) is 0. The molecular formula is C8H7N5O2. The highest BCUT2D eigenvalue weighted by molar-refractivity contribution is 5.92. The van der Waals surface area contributed by atoms with E-state index < -0.39 is 5.97 Å². The van der Waals surface area contributed by atoms with Crippen LogP contribution in [0.5, 0.6) is 0 Å². The number of hydrogen-bond acceptors (Lipinski definition) is 5. The largest absolute Gasteiger partial charge is 0.477 e. The molecule has 0 saturated carbocycles. The number of carboxylic acid groups (broad SMARTS) is 1. The second-order valence-electron chi connectivity index (χ2n) is 2.76. The van der Waals surface area contributed by atoms with E-state index in [0.29, 0.717) is 5.69 Å². The third-order valence-electron chi connectivity index (χ3n) is 1.83. The lowest BCUT2D eigenvalue weighted by atomic mass is 10.3. The zero-order chi connectivity index (χ0) is 10.8. The van der Waals surface area contributed by atoms with Crippen molar-refractivity contribution in [3.8, 4) is 5.69 Å². The van der Waals surface area contributed by atoms with Gasteiger partial charge in [0.05, 0.1) is 18.6 Å². The first kappa shape index (κ1) is 9.13. The van der Waals surface area contributed by atoms with Gasteiger partial charge < -0.3 is 10.8 Å². The zero-order valence-electron chi connectivity index (χ0n) is 7.53. The molecule has 3 N–H and O–H groups in total. The van der Waals surface area contributed by atoms with E-state index in [-0.39, 0.29) is 11.4 Å². The van der Waals surface area contributed by atoms with Gasteiger partial charge in [-0.25, -0.2) is 19.4 Å². The molecule has 2 aromatic heterocycles. The number of anilines is 1. The van der Waals surface area contributed by atoms with E-state index in [2.05, 4.69) is 15.1 Å². The molecule has 0 saturated heterocycles. The highest BCUT2D eigenvalue weighted by Gasteiger charge is 2.14. The highest BCUT2D eigenvalue weighted by atomic mass is 16.4. The molecule has 0 bridgehead atoms. The third-order valence-corrected chi connectivity index (χ3v) is 1.83. The lowest BCUT2D eigenvalue weighted by molar-refractivity contribution is 0.0698. The first-order valence-electron chi connectivity index (χ1n) is 4.02. The van der Waals surface area contributed by atoms with Crippen LogP contribution in [-0.4, -0.2) is 30.8 Å². The molecule has 0 fully saturated rings. The van der Waals surface area contributed by atoms with Gasteiger partial charge in [0.15, 0.2) is 0 Å². The van der Waals surface area contributed by atoms with Crippen molar-refractivity contribution in [3.05, 3.63) is 30.5 Å². The second kappa shape index (κ2) is 3.37. The van der Waals surface area contributed by atoms with Gasteiger partial charge in [0.1, 0.15) is 23.4 Å². The van der Waals surface area contributed by atoms with Gasteiger partial charge in [-0.15, -0.1) is 0 Å². The molecule has 7 nitrogen and oxygen atoms in total. The molecule has 76 valence electrons. The summed E-state index contributed by atoms with van der Waals surface area (Å²) in [5.74, 6) is -1.06. The van der Waals surface area contributed by atoms with Crippen LogP contribution in [0.15, 0.2) is 24.9 Å². The van der Waals surface area contributed by atoms with Crippen molar-refractivity contribution < 1.29 is 9.90 Å². The fourth-order valence-corrected chi connectivity index (χ4v) is 1.13. The van der Waals surface area contributed by atoms with Crippen LogP contribution in [0.4, 0.5) is 5.82 Å². The fraction of sp³-hybridized carbons (Fsp3) is 0. The normalized spacial score (nSPS) is 10.1. The van der Waals surface area contributed by atoms with Crippen molar-refractivity contribution in [1.29, 1.82) is 0 Å². The number of carbonyl (C=O) groups is 1. The number of rotatable bonds is 2. The topological polar surface area (TPSA) is 107 Å². The van der Waals surface area contributed by atoms with E-state index in [9.17, 15) is 4.79 Å². The molecule has 2 aromatic rings. The van der Waals surface area contributed by atoms with Gasteiger partial charge in [0.2, 0.25) is 0 Å². The summed E-state index contributed by atoms with van der Waals surface area (Å²) in [5.41, 5.74) is 6.07. The van der Waals surface area contributed by atoms with E-state index in [1.165, 1.54) is 29.6 Å². The Morgan fingerprint density at radius 3 is 2.53 bits per heavy atom. The maximum absolute atomic E-state index is 10.7. The molecule has 0 aliphatic heterocycles. The van der Waals surface area contributed by atoms with Gasteiger partial charge in [0.25, 0.3) is 0 Å². The average molecular weight is 205 g/mol. The summed E-state index contributed by atoms with van der Waals surface area (Å²) in [7, 11) is 0. The standard InChI is InChI=1S/C8H7N5O2/c9-7-6(8(14)15)3-12-13(7)5-1-10-4-11-2-5/h1-4H,9H2,(H,14,15). The van der Waals surface area contributed by atoms with Crippen molar-refractivity contribution in [3.63, 3.8) is 0 Å². The lowest BCUT2D eigenvalue weighted by Gasteiger charge is -2.01. The second-order valence-corrected chi connectivity index (χ2v) is 2.76. The van der Waals surface area contributed by atoms with Crippen LogP contribution < -0.4 is 5.73 Å². The van der Waals surface area contributed by atoms with Crippen LogP contribution in [0.1, 0.15) is 10.4 Å². The third kappa shape index (κ3) is 1.50. The van der Waals surface area contributed by atoms with Crippen LogP contribution in [0, 0.1) is 0 Å². The highest BCUT2D eigenvalue weighted by Crippen LogP contribution is 2.15. The number of aromatic nitrogens is 4. The molecule has 0 unspecified atom stereocenters. The quantitative estimate of drug-likeness (QED) is 0.711. The van der Waals surface area contributed by atoms with Crippen molar-refractivity contribution in [2.24, 2.45) is 0 Å². The summed E-state index contributed by atoms with van der Waals surface area (Å²) in [6.45, 7) is 0. The van der Waals surface area contributed by atoms with Gasteiger partial charge >= 0.3 is 5.97 Å². The van der Waals surface area contributed by atoms with Gasteiger partial charge in [-0.3, -0.25) is 0 Å². The van der Waals surface area contributed by atoms with Crippen LogP contribution in [0.25, 0.3) is 5.69 Å². The van der Waals surface area contributed by atoms with Crippen LogP contribution >= 0.6 is 0 Å². The molecule has 0 radical (unpaired) electrons. The lowest BCUT2D eigenvalue weighted by Crippen LogP contribution is -2.06. The SMILES string of the molecule is Nc1c(C(=O)O)cnn1-c1cncnc1. The van der Waals surface area contributed by atoms with Gasteiger partial charge in [-0.05, 0) is 0 Å². The smallest absolute Gasteiger partial charge is 0.341 e. The number of hydrogen-bond donors (Lipinski definition) is 2. The molecule has 0 aromatic carbocycles. The summed E-state index contributed by atoms with van der Waals surface area (Å²) < 4.78 is 1.27. The molecule has 2 heterocycles. The molecular weight excluding hydrogens is 198 g/mol. The molecule has 0 amide bonds. The Morgan fingerprint density at radius 2 is 2.00 bits per heavy atom. The molecule has 7 heteroatoms. The van der Waals surface area contributed by atoms with Gasteiger partial charge in [-0.2, -0.15) is 5.10 Å². The first-order valence-corrected chi connectivity index (χ1v) is 4.02. The first-order chi connectivity index (χ1) is 7.20. The number of aromatic carboxylic acids is 1. The van der Waals surface area contributed by atoms with E-state index >= 15 is 0 Å². The number of nitrogens with two attached hydrogens (primary N) is 1. The van der Waals surface area contributed by atoms with Crippen molar-refractivity contribution in [2.45, 2.75) is 0 Å². The molecule has 0 spiro atoms. The maximum Gasteiger partial charge on any atom is 0.341 e. The number of carboxylic acids is 1. The minimum absolute atomic E-state index is 0.0427. The van der Waals surface area contributed by atoms with Crippen LogP contribution in [0.2, 0.25) is 0 Å². The predicted octanol–water partition coefficient (Wildman–Crippen LogP) is -0.0573. The average Bonchev–Trinajstić information content (AvgIpc) is 2.61. The van der Waals surface area contributed by atoms with E-state index in [0.717, 1.165) is 0 Å². The van der Waals surface area contributed by atoms with E-state index in [1.807, 2.05) is 0 Å². The van der Waals surface area contributed by atoms with Crippen molar-refractivity contribution in [1.82, 2.24) is 19.7 Å². The minimum Gasteiger partial charge on any atom is -0.477 e. The maximum atomic E-state index is 10.7. The summed E-state index contributed by atoms with van der Waals surface area (Å²) in [6.07, 6.45) is 5.52. The Kier molecular flexibility index (Phi) is 2.05. The minimum atomic E-state index is -1.12. The number of nitrogen functional groups attached to an aromatic ring is 1. The van der Waals surface area contributed by atoms with Crippen LogP contribution in [0.3, 0.4) is 0 Å². The zero-order valence-corrected chi connectivity index (χ0v) is 7.53. The van der Waals surface area contributed by atoms with E-state index in [1.54, 1.807) is 0 Å². The Balaban J connectivity index is 2.52. The molecule has 0 aliphatic rings. The summed E-state index contributed by atoms with van der Waals surface area (Å²) in [4.78, 5) is 18.3. The van der Waals surface area contributed by atoms with Gasteiger partial charge in [0, 0.05) is 0 Å². The predicted molar refractivity (Wildman–Crippen MR) is 50.5 cm³/mol. The molecule has 15 heavy (non-hydrogen) atoms. The van der Waals surface area contributed by atoms with E-state index in [4.69, 9.17) is 10.8 Å². The van der Waals surface area contributed by atoms with Crippen molar-refractivity contribution >= 4 is 11.8 Å². The Labute approximate surface area is 84.2 Å². The Hall–Kier alpha value is -2.44. The van der Waals surface area contributed by atoms with Crippen LogP contribution in [-0.2, 0) is 0 Å². The molecule has 2 rings (SSSR count).